The van der Waals surface area contributed by atoms with E-state index >= 15 is 0 Å². The molecule has 2 N–H and O–H groups in total. The van der Waals surface area contributed by atoms with Gasteiger partial charge in [0.15, 0.2) is 0 Å². The van der Waals surface area contributed by atoms with E-state index in [0.29, 0.717) is 13.0 Å². The summed E-state index contributed by atoms with van der Waals surface area (Å²) < 4.78 is 13.7. The van der Waals surface area contributed by atoms with Gasteiger partial charge in [0, 0.05) is 16.7 Å². The van der Waals surface area contributed by atoms with Crippen LogP contribution in [0.15, 0.2) is 46.9 Å². The standard InChI is InChI=1S/C16H16BrFN2O/c1-11-2-7-14(10-15(11)17)20-16(21)19-9-8-12-3-5-13(18)6-4-12/h2-7,10H,8-9H2,1H3,(H2,19,20,21). The highest BCUT2D eigenvalue weighted by Gasteiger charge is 2.03. The number of carbonyl (C=O) groups excluding carboxylic acids is 1. The Bertz CT molecular complexity index is 629. The van der Waals surface area contributed by atoms with Crippen molar-refractivity contribution in [2.75, 3.05) is 11.9 Å². The number of hydrogen-bond acceptors (Lipinski definition) is 1. The summed E-state index contributed by atoms with van der Waals surface area (Å²) in [7, 11) is 0. The largest absolute Gasteiger partial charge is 0.338 e. The molecule has 2 aromatic rings. The second-order valence-corrected chi connectivity index (χ2v) is 5.58. The first-order chi connectivity index (χ1) is 10.0. The molecule has 0 bridgehead atoms. The first-order valence-corrected chi connectivity index (χ1v) is 7.39. The number of aryl methyl sites for hydroxylation is 1. The van der Waals surface area contributed by atoms with Gasteiger partial charge in [-0.3, -0.25) is 0 Å². The molecule has 21 heavy (non-hydrogen) atoms. The van der Waals surface area contributed by atoms with Gasteiger partial charge in [-0.05, 0) is 48.7 Å². The average Bonchev–Trinajstić information content (AvgIpc) is 2.45. The first-order valence-electron chi connectivity index (χ1n) is 6.60. The smallest absolute Gasteiger partial charge is 0.319 e. The van der Waals surface area contributed by atoms with E-state index in [1.807, 2.05) is 25.1 Å². The molecule has 3 nitrogen and oxygen atoms in total. The quantitative estimate of drug-likeness (QED) is 0.849. The molecule has 0 aromatic heterocycles. The fourth-order valence-corrected chi connectivity index (χ4v) is 2.20. The van der Waals surface area contributed by atoms with Crippen LogP contribution in [-0.2, 0) is 6.42 Å². The average molecular weight is 351 g/mol. The highest BCUT2D eigenvalue weighted by molar-refractivity contribution is 9.10. The second-order valence-electron chi connectivity index (χ2n) is 4.72. The van der Waals surface area contributed by atoms with Crippen LogP contribution in [0.2, 0.25) is 0 Å². The zero-order valence-corrected chi connectivity index (χ0v) is 13.2. The van der Waals surface area contributed by atoms with E-state index < -0.39 is 0 Å². The molecule has 0 heterocycles. The number of rotatable bonds is 4. The number of benzene rings is 2. The SMILES string of the molecule is Cc1ccc(NC(=O)NCCc2ccc(F)cc2)cc1Br. The lowest BCUT2D eigenvalue weighted by Crippen LogP contribution is -2.30. The minimum atomic E-state index is -0.257. The van der Waals surface area contributed by atoms with Crippen molar-refractivity contribution >= 4 is 27.6 Å². The third-order valence-electron chi connectivity index (χ3n) is 3.04. The normalized spacial score (nSPS) is 10.2. The van der Waals surface area contributed by atoms with Gasteiger partial charge in [0.2, 0.25) is 0 Å². The van der Waals surface area contributed by atoms with Crippen molar-refractivity contribution in [3.05, 3.63) is 63.9 Å². The zero-order chi connectivity index (χ0) is 15.2. The Hall–Kier alpha value is -1.88. The molecular formula is C16H16BrFN2O. The highest BCUT2D eigenvalue weighted by atomic mass is 79.9. The predicted octanol–water partition coefficient (Wildman–Crippen LogP) is 4.26. The van der Waals surface area contributed by atoms with Gasteiger partial charge in [-0.15, -0.1) is 0 Å². The molecule has 0 aliphatic carbocycles. The molecule has 0 aliphatic rings. The molecule has 2 rings (SSSR count). The second kappa shape index (κ2) is 7.22. The van der Waals surface area contributed by atoms with E-state index in [-0.39, 0.29) is 11.8 Å². The Morgan fingerprint density at radius 2 is 1.90 bits per heavy atom. The summed E-state index contributed by atoms with van der Waals surface area (Å²) in [6, 6.07) is 11.6. The van der Waals surface area contributed by atoms with Crippen LogP contribution in [0.25, 0.3) is 0 Å². The number of anilines is 1. The maximum atomic E-state index is 12.8. The molecule has 2 amide bonds. The number of amides is 2. The maximum Gasteiger partial charge on any atom is 0.319 e. The van der Waals surface area contributed by atoms with Crippen molar-refractivity contribution in [2.24, 2.45) is 0 Å². The van der Waals surface area contributed by atoms with Crippen molar-refractivity contribution in [1.29, 1.82) is 0 Å². The Labute approximate surface area is 131 Å². The van der Waals surface area contributed by atoms with Gasteiger partial charge in [0.1, 0.15) is 5.82 Å². The molecular weight excluding hydrogens is 335 g/mol. The predicted molar refractivity (Wildman–Crippen MR) is 86.0 cm³/mol. The van der Waals surface area contributed by atoms with Crippen LogP contribution >= 0.6 is 15.9 Å². The monoisotopic (exact) mass is 350 g/mol. The number of urea groups is 1. The van der Waals surface area contributed by atoms with Crippen molar-refractivity contribution in [3.8, 4) is 0 Å². The van der Waals surface area contributed by atoms with Crippen molar-refractivity contribution in [1.82, 2.24) is 5.32 Å². The number of hydrogen-bond donors (Lipinski definition) is 2. The van der Waals surface area contributed by atoms with E-state index in [1.54, 1.807) is 12.1 Å². The van der Waals surface area contributed by atoms with Crippen molar-refractivity contribution in [2.45, 2.75) is 13.3 Å². The van der Waals surface area contributed by atoms with Crippen LogP contribution in [-0.4, -0.2) is 12.6 Å². The summed E-state index contributed by atoms with van der Waals surface area (Å²) in [4.78, 5) is 11.8. The van der Waals surface area contributed by atoms with Gasteiger partial charge >= 0.3 is 6.03 Å². The molecule has 0 fully saturated rings. The topological polar surface area (TPSA) is 41.1 Å². The van der Waals surface area contributed by atoms with E-state index in [9.17, 15) is 9.18 Å². The Morgan fingerprint density at radius 3 is 2.57 bits per heavy atom. The summed E-state index contributed by atoms with van der Waals surface area (Å²) >= 11 is 3.42. The third kappa shape index (κ3) is 4.86. The number of carbonyl (C=O) groups is 1. The molecule has 0 aliphatic heterocycles. The molecule has 5 heteroatoms. The highest BCUT2D eigenvalue weighted by Crippen LogP contribution is 2.20. The summed E-state index contributed by atoms with van der Waals surface area (Å²) in [5, 5.41) is 5.53. The Morgan fingerprint density at radius 1 is 1.19 bits per heavy atom. The zero-order valence-electron chi connectivity index (χ0n) is 11.6. The molecule has 0 atom stereocenters. The van der Waals surface area contributed by atoms with Gasteiger partial charge in [0.25, 0.3) is 0 Å². The van der Waals surface area contributed by atoms with Crippen LogP contribution in [0.3, 0.4) is 0 Å². The lowest BCUT2D eigenvalue weighted by molar-refractivity contribution is 0.252. The lowest BCUT2D eigenvalue weighted by atomic mass is 10.1. The van der Waals surface area contributed by atoms with Crippen LogP contribution < -0.4 is 10.6 Å². The first kappa shape index (κ1) is 15.5. The summed E-state index contributed by atoms with van der Waals surface area (Å²) in [5.74, 6) is -0.255. The molecule has 0 saturated heterocycles. The lowest BCUT2D eigenvalue weighted by Gasteiger charge is -2.09. The summed E-state index contributed by atoms with van der Waals surface area (Å²) in [5.41, 5.74) is 2.82. The molecule has 110 valence electrons. The molecule has 0 unspecified atom stereocenters. The molecule has 2 aromatic carbocycles. The third-order valence-corrected chi connectivity index (χ3v) is 3.90. The number of nitrogens with one attached hydrogen (secondary N) is 2. The van der Waals surface area contributed by atoms with Gasteiger partial charge in [-0.1, -0.05) is 34.1 Å². The maximum absolute atomic E-state index is 12.8. The van der Waals surface area contributed by atoms with Crippen LogP contribution in [0, 0.1) is 12.7 Å². The van der Waals surface area contributed by atoms with Crippen molar-refractivity contribution < 1.29 is 9.18 Å². The van der Waals surface area contributed by atoms with Gasteiger partial charge in [0.05, 0.1) is 0 Å². The van der Waals surface area contributed by atoms with E-state index in [1.165, 1.54) is 12.1 Å². The Kier molecular flexibility index (Phi) is 5.33. The molecule has 0 radical (unpaired) electrons. The van der Waals surface area contributed by atoms with Gasteiger partial charge in [-0.2, -0.15) is 0 Å². The minimum absolute atomic E-state index is 0.255. The van der Waals surface area contributed by atoms with E-state index in [4.69, 9.17) is 0 Å². The molecule has 0 saturated carbocycles. The van der Waals surface area contributed by atoms with E-state index in [0.717, 1.165) is 21.3 Å². The minimum Gasteiger partial charge on any atom is -0.338 e. The summed E-state index contributed by atoms with van der Waals surface area (Å²) in [6.07, 6.45) is 0.658. The number of halogens is 2. The summed E-state index contributed by atoms with van der Waals surface area (Å²) in [6.45, 7) is 2.47. The van der Waals surface area contributed by atoms with Crippen LogP contribution in [0.1, 0.15) is 11.1 Å². The Balaban J connectivity index is 1.79. The van der Waals surface area contributed by atoms with E-state index in [2.05, 4.69) is 26.6 Å². The molecule has 0 spiro atoms. The fraction of sp³-hybridized carbons (Fsp3) is 0.188. The van der Waals surface area contributed by atoms with Gasteiger partial charge in [-0.25, -0.2) is 9.18 Å². The van der Waals surface area contributed by atoms with Crippen LogP contribution in [0.5, 0.6) is 0 Å². The van der Waals surface area contributed by atoms with Gasteiger partial charge < -0.3 is 10.6 Å². The fourth-order valence-electron chi connectivity index (χ4n) is 1.82. The van der Waals surface area contributed by atoms with Crippen LogP contribution in [0.4, 0.5) is 14.9 Å². The van der Waals surface area contributed by atoms with Crippen molar-refractivity contribution in [3.63, 3.8) is 0 Å².